The molecular weight excluding hydrogens is 309 g/mol. The van der Waals surface area contributed by atoms with Crippen molar-refractivity contribution in [2.45, 2.75) is 32.9 Å². The van der Waals surface area contributed by atoms with E-state index in [2.05, 4.69) is 41.2 Å². The van der Waals surface area contributed by atoms with Gasteiger partial charge in [-0.1, -0.05) is 6.07 Å². The summed E-state index contributed by atoms with van der Waals surface area (Å²) in [5, 5.41) is 8.36. The summed E-state index contributed by atoms with van der Waals surface area (Å²) in [5.41, 5.74) is 0.998. The third-order valence-electron chi connectivity index (χ3n) is 3.73. The molecule has 0 saturated heterocycles. The van der Waals surface area contributed by atoms with E-state index in [1.54, 1.807) is 18.3 Å². The lowest BCUT2D eigenvalue weighted by molar-refractivity contribution is 0.366. The molecule has 0 bridgehead atoms. The van der Waals surface area contributed by atoms with Crippen LogP contribution < -0.4 is 10.1 Å². The fourth-order valence-corrected chi connectivity index (χ4v) is 2.55. The average Bonchev–Trinajstić information content (AvgIpc) is 2.98. The molecular formula is C17H20FN5O. The van der Waals surface area contributed by atoms with E-state index < -0.39 is 0 Å². The van der Waals surface area contributed by atoms with E-state index in [1.165, 1.54) is 19.5 Å². The first-order chi connectivity index (χ1) is 11.4. The molecule has 0 amide bonds. The molecule has 0 saturated carbocycles. The maximum Gasteiger partial charge on any atom is 0.163 e. The highest BCUT2D eigenvalue weighted by atomic mass is 19.1. The Bertz CT molecular complexity index is 869. The van der Waals surface area contributed by atoms with E-state index in [0.717, 1.165) is 11.0 Å². The van der Waals surface area contributed by atoms with E-state index >= 15 is 0 Å². The lowest BCUT2D eigenvalue weighted by Gasteiger charge is -2.19. The predicted molar refractivity (Wildman–Crippen MR) is 90.6 cm³/mol. The highest BCUT2D eigenvalue weighted by Crippen LogP contribution is 2.26. The molecule has 7 heteroatoms. The molecule has 0 aliphatic heterocycles. The van der Waals surface area contributed by atoms with Crippen LogP contribution >= 0.6 is 0 Å². The molecule has 0 unspecified atom stereocenters. The summed E-state index contributed by atoms with van der Waals surface area (Å²) in [5.74, 6) is 0.788. The van der Waals surface area contributed by atoms with Crippen LogP contribution in [0.15, 0.2) is 30.7 Å². The molecule has 2 heterocycles. The van der Waals surface area contributed by atoms with Crippen LogP contribution in [0.3, 0.4) is 0 Å². The lowest BCUT2D eigenvalue weighted by Crippen LogP contribution is -2.23. The van der Waals surface area contributed by atoms with Gasteiger partial charge >= 0.3 is 0 Å². The van der Waals surface area contributed by atoms with E-state index in [-0.39, 0.29) is 17.9 Å². The molecule has 0 atom stereocenters. The van der Waals surface area contributed by atoms with Crippen molar-refractivity contribution in [2.24, 2.45) is 0 Å². The van der Waals surface area contributed by atoms with Crippen LogP contribution in [0.2, 0.25) is 0 Å². The smallest absolute Gasteiger partial charge is 0.163 e. The van der Waals surface area contributed by atoms with E-state index in [1.807, 2.05) is 4.68 Å². The number of anilines is 1. The van der Waals surface area contributed by atoms with Crippen LogP contribution in [0, 0.1) is 5.82 Å². The van der Waals surface area contributed by atoms with Crippen LogP contribution in [-0.2, 0) is 12.1 Å². The van der Waals surface area contributed by atoms with E-state index in [0.29, 0.717) is 17.1 Å². The lowest BCUT2D eigenvalue weighted by atomic mass is 10.1. The normalized spacial score (nSPS) is 11.7. The zero-order valence-corrected chi connectivity index (χ0v) is 14.2. The minimum absolute atomic E-state index is 0.192. The van der Waals surface area contributed by atoms with Crippen molar-refractivity contribution in [1.82, 2.24) is 19.7 Å². The number of methoxy groups -OCH3 is 1. The molecule has 2 aromatic heterocycles. The van der Waals surface area contributed by atoms with Crippen molar-refractivity contribution in [3.63, 3.8) is 0 Å². The van der Waals surface area contributed by atoms with Crippen LogP contribution in [-0.4, -0.2) is 26.9 Å². The highest BCUT2D eigenvalue weighted by Gasteiger charge is 2.19. The van der Waals surface area contributed by atoms with Gasteiger partial charge in [0.25, 0.3) is 0 Å². The Morgan fingerprint density at radius 1 is 1.25 bits per heavy atom. The van der Waals surface area contributed by atoms with Crippen molar-refractivity contribution >= 4 is 16.9 Å². The molecule has 0 radical (unpaired) electrons. The van der Waals surface area contributed by atoms with Crippen molar-refractivity contribution in [1.29, 1.82) is 0 Å². The van der Waals surface area contributed by atoms with Crippen LogP contribution in [0.4, 0.5) is 10.2 Å². The van der Waals surface area contributed by atoms with Crippen molar-refractivity contribution < 1.29 is 9.13 Å². The van der Waals surface area contributed by atoms with Crippen LogP contribution in [0.1, 0.15) is 26.3 Å². The fraction of sp³-hybridized carbons (Fsp3) is 0.353. The number of ether oxygens (including phenoxy) is 1. The largest absolute Gasteiger partial charge is 0.496 e. The second kappa shape index (κ2) is 6.07. The van der Waals surface area contributed by atoms with Gasteiger partial charge in [0.1, 0.15) is 23.7 Å². The first-order valence-corrected chi connectivity index (χ1v) is 7.66. The third kappa shape index (κ3) is 2.89. The van der Waals surface area contributed by atoms with Gasteiger partial charge < -0.3 is 10.1 Å². The number of nitrogens with one attached hydrogen (secondary N) is 1. The van der Waals surface area contributed by atoms with Gasteiger partial charge in [-0.05, 0) is 32.9 Å². The number of rotatable bonds is 4. The summed E-state index contributed by atoms with van der Waals surface area (Å²) in [6.45, 7) is 6.42. The van der Waals surface area contributed by atoms with Gasteiger partial charge in [-0.2, -0.15) is 5.10 Å². The number of hydrogen-bond acceptors (Lipinski definition) is 5. The topological polar surface area (TPSA) is 64.9 Å². The zero-order valence-electron chi connectivity index (χ0n) is 14.2. The molecule has 1 aromatic carbocycles. The second-order valence-electron chi connectivity index (χ2n) is 6.46. The van der Waals surface area contributed by atoms with Gasteiger partial charge in [-0.15, -0.1) is 0 Å². The SMILES string of the molecule is COc1cccc(F)c1CNc1ncnc2c1cnn2C(C)(C)C. The van der Waals surface area contributed by atoms with Crippen LogP contribution in [0.5, 0.6) is 5.75 Å². The average molecular weight is 329 g/mol. The zero-order chi connectivity index (χ0) is 17.3. The maximum atomic E-state index is 14.0. The van der Waals surface area contributed by atoms with Gasteiger partial charge in [0.15, 0.2) is 5.65 Å². The van der Waals surface area contributed by atoms with Gasteiger partial charge in [-0.3, -0.25) is 0 Å². The van der Waals surface area contributed by atoms with Crippen molar-refractivity contribution in [3.05, 3.63) is 42.1 Å². The molecule has 6 nitrogen and oxygen atoms in total. The molecule has 0 aliphatic rings. The number of aromatic nitrogens is 4. The molecule has 126 valence electrons. The fourth-order valence-electron chi connectivity index (χ4n) is 2.55. The molecule has 0 fully saturated rings. The van der Waals surface area contributed by atoms with E-state index in [4.69, 9.17) is 4.74 Å². The summed E-state index contributed by atoms with van der Waals surface area (Å²) >= 11 is 0. The Morgan fingerprint density at radius 3 is 2.75 bits per heavy atom. The summed E-state index contributed by atoms with van der Waals surface area (Å²) in [6.07, 6.45) is 3.20. The molecule has 0 spiro atoms. The number of nitrogens with zero attached hydrogens (tertiary/aromatic N) is 4. The molecule has 24 heavy (non-hydrogen) atoms. The standard InChI is InChI=1S/C17H20FN5O/c1-17(2,3)23-16-12(9-22-23)15(20-10-21-16)19-8-11-13(18)6-5-7-14(11)24-4/h5-7,9-10H,8H2,1-4H3,(H,19,20,21). The van der Waals surface area contributed by atoms with Gasteiger partial charge in [0.05, 0.1) is 24.2 Å². The molecule has 1 N–H and O–H groups in total. The highest BCUT2D eigenvalue weighted by molar-refractivity contribution is 5.86. The Labute approximate surface area is 139 Å². The van der Waals surface area contributed by atoms with Crippen molar-refractivity contribution in [3.8, 4) is 5.75 Å². The van der Waals surface area contributed by atoms with Gasteiger partial charge in [0.2, 0.25) is 0 Å². The van der Waals surface area contributed by atoms with Gasteiger partial charge in [-0.25, -0.2) is 19.0 Å². The van der Waals surface area contributed by atoms with Gasteiger partial charge in [0, 0.05) is 12.1 Å². The number of hydrogen-bond donors (Lipinski definition) is 1. The van der Waals surface area contributed by atoms with Crippen molar-refractivity contribution in [2.75, 3.05) is 12.4 Å². The van der Waals surface area contributed by atoms with E-state index in [9.17, 15) is 4.39 Å². The number of halogens is 1. The molecule has 3 aromatic rings. The summed E-state index contributed by atoms with van der Waals surface area (Å²) in [4.78, 5) is 8.59. The van der Waals surface area contributed by atoms with Crippen LogP contribution in [0.25, 0.3) is 11.0 Å². The predicted octanol–water partition coefficient (Wildman–Crippen LogP) is 3.34. The minimum atomic E-state index is -0.322. The quantitative estimate of drug-likeness (QED) is 0.795. The second-order valence-corrected chi connectivity index (χ2v) is 6.46. The first-order valence-electron chi connectivity index (χ1n) is 7.66. The Hall–Kier alpha value is -2.70. The minimum Gasteiger partial charge on any atom is -0.496 e. The summed E-state index contributed by atoms with van der Waals surface area (Å²) in [7, 11) is 1.52. The number of fused-ring (bicyclic) bond motifs is 1. The number of benzene rings is 1. The monoisotopic (exact) mass is 329 g/mol. The Morgan fingerprint density at radius 2 is 2.04 bits per heavy atom. The Kier molecular flexibility index (Phi) is 4.09. The maximum absolute atomic E-state index is 14.0. The Balaban J connectivity index is 1.94. The first kappa shape index (κ1) is 16.2. The summed E-state index contributed by atoms with van der Waals surface area (Å²) in [6, 6.07) is 4.76. The summed E-state index contributed by atoms with van der Waals surface area (Å²) < 4.78 is 21.1. The third-order valence-corrected chi connectivity index (χ3v) is 3.73. The molecule has 0 aliphatic carbocycles. The molecule has 3 rings (SSSR count).